The van der Waals surface area contributed by atoms with Gasteiger partial charge in [0, 0.05) is 24.1 Å². The first-order valence-corrected chi connectivity index (χ1v) is 7.54. The van der Waals surface area contributed by atoms with E-state index in [-0.39, 0.29) is 12.0 Å². The van der Waals surface area contributed by atoms with Crippen LogP contribution in [0.5, 0.6) is 0 Å². The zero-order chi connectivity index (χ0) is 16.4. The molecule has 0 bridgehead atoms. The van der Waals surface area contributed by atoms with Crippen LogP contribution in [0.2, 0.25) is 0 Å². The van der Waals surface area contributed by atoms with Gasteiger partial charge in [-0.3, -0.25) is 9.78 Å². The van der Waals surface area contributed by atoms with Gasteiger partial charge in [0.15, 0.2) is 5.82 Å². The number of amides is 1. The fourth-order valence-electron chi connectivity index (χ4n) is 2.55. The lowest BCUT2D eigenvalue weighted by Gasteiger charge is -2.32. The largest absolute Gasteiger partial charge is 0.367 e. The van der Waals surface area contributed by atoms with Gasteiger partial charge >= 0.3 is 0 Å². The number of carbonyl (C=O) groups is 1. The molecule has 2 aromatic rings. The van der Waals surface area contributed by atoms with Gasteiger partial charge in [-0.05, 0) is 26.8 Å². The van der Waals surface area contributed by atoms with E-state index in [0.29, 0.717) is 31.2 Å². The van der Waals surface area contributed by atoms with Crippen LogP contribution in [-0.2, 0) is 4.74 Å². The number of hydrogen-bond acceptors (Lipinski definition) is 6. The predicted molar refractivity (Wildman–Crippen MR) is 82.9 cm³/mol. The van der Waals surface area contributed by atoms with E-state index in [4.69, 9.17) is 4.74 Å². The molecule has 3 rings (SSSR count). The van der Waals surface area contributed by atoms with Gasteiger partial charge in [0.2, 0.25) is 0 Å². The van der Waals surface area contributed by atoms with Crippen molar-refractivity contribution in [2.45, 2.75) is 26.9 Å². The summed E-state index contributed by atoms with van der Waals surface area (Å²) in [6, 6.07) is 1.91. The van der Waals surface area contributed by atoms with Gasteiger partial charge in [0.05, 0.1) is 25.0 Å². The summed E-state index contributed by atoms with van der Waals surface area (Å²) < 4.78 is 5.75. The van der Waals surface area contributed by atoms with Gasteiger partial charge < -0.3 is 9.64 Å². The molecule has 0 saturated carbocycles. The van der Waals surface area contributed by atoms with Crippen LogP contribution in [-0.4, -0.2) is 50.4 Å². The maximum Gasteiger partial charge on any atom is 0.274 e. The van der Waals surface area contributed by atoms with E-state index in [9.17, 15) is 4.79 Å². The van der Waals surface area contributed by atoms with Gasteiger partial charge in [-0.25, -0.2) is 15.0 Å². The summed E-state index contributed by atoms with van der Waals surface area (Å²) in [6.07, 6.45) is 2.79. The second kappa shape index (κ2) is 6.37. The van der Waals surface area contributed by atoms with E-state index in [1.165, 1.54) is 6.20 Å². The van der Waals surface area contributed by atoms with Crippen LogP contribution in [0, 0.1) is 20.8 Å². The minimum atomic E-state index is -0.315. The van der Waals surface area contributed by atoms with Crippen molar-refractivity contribution in [1.29, 1.82) is 0 Å². The van der Waals surface area contributed by atoms with Crippen LogP contribution in [0.25, 0.3) is 0 Å². The molecule has 1 amide bonds. The molecule has 1 atom stereocenters. The van der Waals surface area contributed by atoms with Crippen molar-refractivity contribution in [2.75, 3.05) is 19.7 Å². The molecule has 23 heavy (non-hydrogen) atoms. The highest BCUT2D eigenvalue weighted by molar-refractivity contribution is 5.92. The topological polar surface area (TPSA) is 81.1 Å². The van der Waals surface area contributed by atoms with Crippen molar-refractivity contribution in [1.82, 2.24) is 24.8 Å². The highest BCUT2D eigenvalue weighted by Crippen LogP contribution is 2.21. The fourth-order valence-corrected chi connectivity index (χ4v) is 2.55. The third-order valence-electron chi connectivity index (χ3n) is 3.64. The van der Waals surface area contributed by atoms with Gasteiger partial charge in [-0.1, -0.05) is 0 Å². The molecule has 1 aliphatic rings. The molecule has 1 aliphatic heterocycles. The number of morpholine rings is 1. The number of ether oxygens (including phenoxy) is 1. The molecule has 0 N–H and O–H groups in total. The number of carbonyl (C=O) groups excluding carboxylic acids is 1. The molecular weight excluding hydrogens is 294 g/mol. The zero-order valence-electron chi connectivity index (χ0n) is 13.5. The normalized spacial score (nSPS) is 18.0. The highest BCUT2D eigenvalue weighted by Gasteiger charge is 2.28. The van der Waals surface area contributed by atoms with Crippen molar-refractivity contribution in [2.24, 2.45) is 0 Å². The summed E-state index contributed by atoms with van der Waals surface area (Å²) in [5.41, 5.74) is 2.91. The average Bonchev–Trinajstić information content (AvgIpc) is 2.54. The molecule has 7 heteroatoms. The third-order valence-corrected chi connectivity index (χ3v) is 3.64. The Labute approximate surface area is 134 Å². The summed E-state index contributed by atoms with van der Waals surface area (Å²) in [6.45, 7) is 7.07. The lowest BCUT2D eigenvalue weighted by atomic mass is 10.2. The van der Waals surface area contributed by atoms with Gasteiger partial charge in [-0.2, -0.15) is 0 Å². The first-order chi connectivity index (χ1) is 11.0. The highest BCUT2D eigenvalue weighted by atomic mass is 16.5. The van der Waals surface area contributed by atoms with Gasteiger partial charge in [-0.15, -0.1) is 0 Å². The van der Waals surface area contributed by atoms with Gasteiger partial charge in [0.25, 0.3) is 5.91 Å². The monoisotopic (exact) mass is 313 g/mol. The number of hydrogen-bond donors (Lipinski definition) is 0. The van der Waals surface area contributed by atoms with E-state index in [0.717, 1.165) is 17.1 Å². The molecule has 0 spiro atoms. The Morgan fingerprint density at radius 1 is 1.13 bits per heavy atom. The Hall–Kier alpha value is -2.41. The second-order valence-electron chi connectivity index (χ2n) is 5.66. The molecule has 0 aromatic carbocycles. The zero-order valence-corrected chi connectivity index (χ0v) is 13.5. The van der Waals surface area contributed by atoms with Crippen LogP contribution in [0.1, 0.15) is 39.5 Å². The molecule has 7 nitrogen and oxygen atoms in total. The van der Waals surface area contributed by atoms with Crippen molar-refractivity contribution >= 4 is 5.91 Å². The molecule has 1 saturated heterocycles. The second-order valence-corrected chi connectivity index (χ2v) is 5.66. The Kier molecular flexibility index (Phi) is 4.29. The smallest absolute Gasteiger partial charge is 0.274 e. The summed E-state index contributed by atoms with van der Waals surface area (Å²) >= 11 is 0. The van der Waals surface area contributed by atoms with Crippen molar-refractivity contribution < 1.29 is 9.53 Å². The molecule has 1 fully saturated rings. The number of rotatable bonds is 2. The first kappa shape index (κ1) is 15.5. The van der Waals surface area contributed by atoms with E-state index in [1.807, 2.05) is 26.8 Å². The van der Waals surface area contributed by atoms with E-state index >= 15 is 0 Å². The summed E-state index contributed by atoms with van der Waals surface area (Å²) in [5.74, 6) is 0.477. The Balaban J connectivity index is 1.77. The molecule has 0 aliphatic carbocycles. The van der Waals surface area contributed by atoms with Crippen LogP contribution >= 0.6 is 0 Å². The van der Waals surface area contributed by atoms with E-state index < -0.39 is 0 Å². The number of aryl methyl sites for hydroxylation is 3. The molecule has 0 radical (unpaired) electrons. The Bertz CT molecular complexity index is 697. The SMILES string of the molecule is Cc1cnc(C(=O)N2CCO[C@H](c3nc(C)cc(C)n3)C2)cn1. The first-order valence-electron chi connectivity index (χ1n) is 7.54. The molecular formula is C16H19N5O2. The van der Waals surface area contributed by atoms with Crippen molar-refractivity contribution in [3.8, 4) is 0 Å². The van der Waals surface area contributed by atoms with Crippen LogP contribution in [0.15, 0.2) is 18.5 Å². The van der Waals surface area contributed by atoms with Crippen LogP contribution in [0.3, 0.4) is 0 Å². The van der Waals surface area contributed by atoms with E-state index in [2.05, 4.69) is 19.9 Å². The van der Waals surface area contributed by atoms with Crippen LogP contribution < -0.4 is 0 Å². The maximum atomic E-state index is 12.5. The third kappa shape index (κ3) is 3.50. The maximum absolute atomic E-state index is 12.5. The number of nitrogens with zero attached hydrogens (tertiary/aromatic N) is 5. The fraction of sp³-hybridized carbons (Fsp3) is 0.438. The summed E-state index contributed by atoms with van der Waals surface area (Å²) in [7, 11) is 0. The van der Waals surface area contributed by atoms with Gasteiger partial charge in [0.1, 0.15) is 11.8 Å². The number of aromatic nitrogens is 4. The quantitative estimate of drug-likeness (QED) is 0.834. The minimum Gasteiger partial charge on any atom is -0.367 e. The Morgan fingerprint density at radius 3 is 2.52 bits per heavy atom. The molecule has 120 valence electrons. The van der Waals surface area contributed by atoms with Crippen molar-refractivity contribution in [3.63, 3.8) is 0 Å². The minimum absolute atomic E-state index is 0.143. The van der Waals surface area contributed by atoms with E-state index in [1.54, 1.807) is 11.1 Å². The lowest BCUT2D eigenvalue weighted by molar-refractivity contribution is -0.0271. The standard InChI is InChI=1S/C16H19N5O2/c1-10-6-11(2)20-15(19-10)14-9-21(4-5-23-14)16(22)13-8-17-12(3)7-18-13/h6-8,14H,4-5,9H2,1-3H3/t14-/m0/s1. The van der Waals surface area contributed by atoms with Crippen LogP contribution in [0.4, 0.5) is 0 Å². The lowest BCUT2D eigenvalue weighted by Crippen LogP contribution is -2.43. The predicted octanol–water partition coefficient (Wildman–Crippen LogP) is 1.41. The summed E-state index contributed by atoms with van der Waals surface area (Å²) in [5, 5.41) is 0. The average molecular weight is 313 g/mol. The molecule has 0 unspecified atom stereocenters. The summed E-state index contributed by atoms with van der Waals surface area (Å²) in [4.78, 5) is 31.4. The molecule has 3 heterocycles. The van der Waals surface area contributed by atoms with Crippen molar-refractivity contribution in [3.05, 3.63) is 47.1 Å². The molecule has 2 aromatic heterocycles. The Morgan fingerprint density at radius 2 is 1.87 bits per heavy atom.